The average Bonchev–Trinajstić information content (AvgIpc) is 2.86. The molecule has 0 saturated carbocycles. The number of nitrogens with two attached hydrogens (primary N) is 1. The SMILES string of the molecule is CS(=O)(=O)c1ccc(C=C(C(=O)NCCCCCC(=O)Nc2ccccc2N)c2ccc(F)cc2)cc1. The van der Waals surface area contributed by atoms with Crippen LogP contribution in [0.5, 0.6) is 0 Å². The molecular formula is C28H30FN3O4S. The van der Waals surface area contributed by atoms with Gasteiger partial charge in [0.15, 0.2) is 9.84 Å². The summed E-state index contributed by atoms with van der Waals surface area (Å²) in [6.45, 7) is 0.400. The van der Waals surface area contributed by atoms with E-state index >= 15 is 0 Å². The molecule has 0 bridgehead atoms. The summed E-state index contributed by atoms with van der Waals surface area (Å²) in [6.07, 6.45) is 5.16. The van der Waals surface area contributed by atoms with Crippen molar-refractivity contribution in [2.45, 2.75) is 30.6 Å². The van der Waals surface area contributed by atoms with Gasteiger partial charge in [-0.15, -0.1) is 0 Å². The van der Waals surface area contributed by atoms with Gasteiger partial charge >= 0.3 is 0 Å². The van der Waals surface area contributed by atoms with Gasteiger partial charge in [0.2, 0.25) is 5.91 Å². The minimum Gasteiger partial charge on any atom is -0.397 e. The first-order valence-electron chi connectivity index (χ1n) is 11.8. The van der Waals surface area contributed by atoms with E-state index in [1.807, 2.05) is 0 Å². The normalized spacial score (nSPS) is 11.7. The Morgan fingerprint density at radius 3 is 2.24 bits per heavy atom. The van der Waals surface area contributed by atoms with Crippen LogP contribution in [0, 0.1) is 5.82 Å². The average molecular weight is 524 g/mol. The number of halogens is 1. The van der Waals surface area contributed by atoms with Crippen molar-refractivity contribution < 1.29 is 22.4 Å². The second-order valence-corrected chi connectivity index (χ2v) is 10.6. The van der Waals surface area contributed by atoms with Crippen molar-refractivity contribution in [3.05, 3.63) is 89.7 Å². The standard InChI is InChI=1S/C28H30FN3O4S/c1-37(35,36)23-16-10-20(11-17-23)19-24(21-12-14-22(29)15-13-21)28(34)31-18-6-2-3-9-27(33)32-26-8-5-4-7-25(26)30/h4-5,7-8,10-17,19H,2-3,6,9,18,30H2,1H3,(H,31,34)(H,32,33). The van der Waals surface area contributed by atoms with Gasteiger partial charge in [-0.25, -0.2) is 12.8 Å². The number of carbonyl (C=O) groups excluding carboxylic acids is 2. The molecule has 2 amide bonds. The summed E-state index contributed by atoms with van der Waals surface area (Å²) in [5.41, 5.74) is 8.42. The van der Waals surface area contributed by atoms with E-state index in [4.69, 9.17) is 5.73 Å². The van der Waals surface area contributed by atoms with Crippen molar-refractivity contribution in [2.75, 3.05) is 23.9 Å². The van der Waals surface area contributed by atoms with E-state index in [0.29, 0.717) is 53.9 Å². The number of amides is 2. The summed E-state index contributed by atoms with van der Waals surface area (Å²) in [4.78, 5) is 25.3. The zero-order valence-corrected chi connectivity index (χ0v) is 21.4. The first-order valence-corrected chi connectivity index (χ1v) is 13.7. The maximum absolute atomic E-state index is 13.4. The van der Waals surface area contributed by atoms with Gasteiger partial charge in [-0.1, -0.05) is 42.8 Å². The van der Waals surface area contributed by atoms with Gasteiger partial charge in [-0.05, 0) is 66.4 Å². The molecule has 0 heterocycles. The molecule has 3 rings (SSSR count). The second kappa shape index (κ2) is 12.8. The highest BCUT2D eigenvalue weighted by Crippen LogP contribution is 2.21. The molecule has 0 spiro atoms. The summed E-state index contributed by atoms with van der Waals surface area (Å²) in [5.74, 6) is -0.874. The smallest absolute Gasteiger partial charge is 0.251 e. The van der Waals surface area contributed by atoms with Crippen molar-refractivity contribution in [3.8, 4) is 0 Å². The maximum atomic E-state index is 13.4. The Balaban J connectivity index is 1.55. The number of anilines is 2. The zero-order chi connectivity index (χ0) is 26.8. The number of nitrogens with one attached hydrogen (secondary N) is 2. The lowest BCUT2D eigenvalue weighted by Crippen LogP contribution is -2.25. The molecule has 9 heteroatoms. The molecule has 0 unspecified atom stereocenters. The second-order valence-electron chi connectivity index (χ2n) is 8.61. The molecule has 7 nitrogen and oxygen atoms in total. The number of hydrogen-bond acceptors (Lipinski definition) is 5. The predicted molar refractivity (Wildman–Crippen MR) is 145 cm³/mol. The van der Waals surface area contributed by atoms with Crippen LogP contribution in [-0.4, -0.2) is 33.0 Å². The number of sulfone groups is 1. The Morgan fingerprint density at radius 2 is 1.59 bits per heavy atom. The fourth-order valence-corrected chi connectivity index (χ4v) is 4.23. The zero-order valence-electron chi connectivity index (χ0n) is 20.5. The number of rotatable bonds is 11. The summed E-state index contributed by atoms with van der Waals surface area (Å²) in [7, 11) is -3.34. The first kappa shape index (κ1) is 27.6. The Labute approximate surface area is 216 Å². The van der Waals surface area contributed by atoms with Gasteiger partial charge in [0.05, 0.1) is 16.3 Å². The predicted octanol–water partition coefficient (Wildman–Crippen LogP) is 4.67. The minimum atomic E-state index is -3.34. The van der Waals surface area contributed by atoms with Crippen LogP contribution in [0.3, 0.4) is 0 Å². The molecule has 37 heavy (non-hydrogen) atoms. The highest BCUT2D eigenvalue weighted by Gasteiger charge is 2.13. The van der Waals surface area contributed by atoms with Crippen LogP contribution < -0.4 is 16.4 Å². The summed E-state index contributed by atoms with van der Waals surface area (Å²) in [6, 6.07) is 18.8. The van der Waals surface area contributed by atoms with E-state index in [2.05, 4.69) is 10.6 Å². The lowest BCUT2D eigenvalue weighted by Gasteiger charge is -2.11. The third-order valence-electron chi connectivity index (χ3n) is 5.62. The number of nitrogen functional groups attached to an aromatic ring is 1. The third-order valence-corrected chi connectivity index (χ3v) is 6.75. The molecule has 3 aromatic rings. The van der Waals surface area contributed by atoms with E-state index in [-0.39, 0.29) is 16.7 Å². The van der Waals surface area contributed by atoms with Crippen molar-refractivity contribution in [2.24, 2.45) is 0 Å². The number of hydrogen-bond donors (Lipinski definition) is 3. The molecule has 0 fully saturated rings. The Hall–Kier alpha value is -3.98. The quantitative estimate of drug-likeness (QED) is 0.146. The number of benzene rings is 3. The molecule has 0 aliphatic heterocycles. The molecule has 0 radical (unpaired) electrons. The van der Waals surface area contributed by atoms with Crippen molar-refractivity contribution in [1.82, 2.24) is 5.32 Å². The molecule has 0 atom stereocenters. The van der Waals surface area contributed by atoms with E-state index in [9.17, 15) is 22.4 Å². The van der Waals surface area contributed by atoms with Crippen LogP contribution in [0.4, 0.5) is 15.8 Å². The molecule has 0 aromatic heterocycles. The van der Waals surface area contributed by atoms with E-state index < -0.39 is 15.7 Å². The van der Waals surface area contributed by atoms with Crippen LogP contribution in [0.15, 0.2) is 77.7 Å². The van der Waals surface area contributed by atoms with E-state index in [1.165, 1.54) is 36.4 Å². The fraction of sp³-hybridized carbons (Fsp3) is 0.214. The van der Waals surface area contributed by atoms with Gasteiger partial charge in [-0.2, -0.15) is 0 Å². The first-order chi connectivity index (χ1) is 17.6. The minimum absolute atomic E-state index is 0.120. The maximum Gasteiger partial charge on any atom is 0.251 e. The summed E-state index contributed by atoms with van der Waals surface area (Å²) in [5, 5.41) is 5.66. The van der Waals surface area contributed by atoms with Crippen molar-refractivity contribution >= 4 is 44.7 Å². The Morgan fingerprint density at radius 1 is 0.919 bits per heavy atom. The van der Waals surface area contributed by atoms with Gasteiger partial charge in [0.25, 0.3) is 5.91 Å². The van der Waals surface area contributed by atoms with Crippen LogP contribution in [0.1, 0.15) is 36.8 Å². The highest BCUT2D eigenvalue weighted by atomic mass is 32.2. The lowest BCUT2D eigenvalue weighted by atomic mass is 10.0. The van der Waals surface area contributed by atoms with Crippen LogP contribution in [0.25, 0.3) is 11.6 Å². The highest BCUT2D eigenvalue weighted by molar-refractivity contribution is 7.90. The Bertz CT molecular complexity index is 1370. The fourth-order valence-electron chi connectivity index (χ4n) is 3.60. The molecule has 0 saturated heterocycles. The molecule has 0 aliphatic carbocycles. The Kier molecular flexibility index (Phi) is 9.57. The number of unbranched alkanes of at least 4 members (excludes halogenated alkanes) is 2. The van der Waals surface area contributed by atoms with Crippen LogP contribution in [0.2, 0.25) is 0 Å². The topological polar surface area (TPSA) is 118 Å². The summed E-state index contributed by atoms with van der Waals surface area (Å²) < 4.78 is 36.9. The molecule has 194 valence electrons. The van der Waals surface area contributed by atoms with Gasteiger partial charge < -0.3 is 16.4 Å². The van der Waals surface area contributed by atoms with Gasteiger partial charge in [-0.3, -0.25) is 9.59 Å². The molecular weight excluding hydrogens is 493 g/mol. The monoisotopic (exact) mass is 523 g/mol. The van der Waals surface area contributed by atoms with Gasteiger partial charge in [0.1, 0.15) is 5.82 Å². The lowest BCUT2D eigenvalue weighted by molar-refractivity contribution is -0.117. The molecule has 0 aliphatic rings. The summed E-state index contributed by atoms with van der Waals surface area (Å²) >= 11 is 0. The molecule has 3 aromatic carbocycles. The molecule has 4 N–H and O–H groups in total. The van der Waals surface area contributed by atoms with Crippen molar-refractivity contribution in [1.29, 1.82) is 0 Å². The van der Waals surface area contributed by atoms with Crippen LogP contribution >= 0.6 is 0 Å². The largest absolute Gasteiger partial charge is 0.397 e. The van der Waals surface area contributed by atoms with E-state index in [0.717, 1.165) is 12.7 Å². The van der Waals surface area contributed by atoms with Crippen LogP contribution in [-0.2, 0) is 19.4 Å². The van der Waals surface area contributed by atoms with E-state index in [1.54, 1.807) is 42.5 Å². The number of carbonyl (C=O) groups is 2. The number of para-hydroxylation sites is 2. The van der Waals surface area contributed by atoms with Gasteiger partial charge in [0, 0.05) is 24.8 Å². The third kappa shape index (κ3) is 8.57. The van der Waals surface area contributed by atoms with Crippen molar-refractivity contribution in [3.63, 3.8) is 0 Å².